The van der Waals surface area contributed by atoms with Gasteiger partial charge in [0, 0.05) is 4.88 Å². The number of esters is 1. The largest absolute Gasteiger partial charge is 0.469 e. The summed E-state index contributed by atoms with van der Waals surface area (Å²) in [5, 5.41) is 0. The molecule has 0 aromatic carbocycles. The number of carbonyl (C=O) groups is 1. The number of rotatable bonds is 2. The Balaban J connectivity index is 2.75. The average molecular weight is 250 g/mol. The molecule has 1 rings (SSSR count). The summed E-state index contributed by atoms with van der Waals surface area (Å²) in [6.45, 7) is 1.93. The molecule has 0 aliphatic carbocycles. The van der Waals surface area contributed by atoms with Crippen LogP contribution in [0, 0.1) is 6.92 Å². The number of aromatic nitrogens is 1. The second kappa shape index (κ2) is 4.00. The number of hydrogen-bond acceptors (Lipinski definition) is 4. The van der Waals surface area contributed by atoms with Gasteiger partial charge in [0.15, 0.2) is 3.92 Å². The molecular formula is C7H8BrNO2S. The van der Waals surface area contributed by atoms with E-state index in [2.05, 4.69) is 25.7 Å². The third kappa shape index (κ3) is 2.28. The van der Waals surface area contributed by atoms with Gasteiger partial charge in [0.2, 0.25) is 0 Å². The molecule has 12 heavy (non-hydrogen) atoms. The molecule has 1 aromatic rings. The number of nitrogens with zero attached hydrogens (tertiary/aromatic N) is 1. The molecule has 0 N–H and O–H groups in total. The topological polar surface area (TPSA) is 39.2 Å². The lowest BCUT2D eigenvalue weighted by Gasteiger charge is -1.95. The predicted molar refractivity (Wildman–Crippen MR) is 50.3 cm³/mol. The molecule has 5 heteroatoms. The zero-order chi connectivity index (χ0) is 9.14. The lowest BCUT2D eigenvalue weighted by atomic mass is 10.3. The van der Waals surface area contributed by atoms with E-state index in [0.717, 1.165) is 14.5 Å². The van der Waals surface area contributed by atoms with Crippen molar-refractivity contribution in [1.82, 2.24) is 4.98 Å². The van der Waals surface area contributed by atoms with Crippen LogP contribution in [0.1, 0.15) is 10.6 Å². The van der Waals surface area contributed by atoms with Gasteiger partial charge in [-0.05, 0) is 22.9 Å². The van der Waals surface area contributed by atoms with Crippen LogP contribution in [0.25, 0.3) is 0 Å². The van der Waals surface area contributed by atoms with Crippen molar-refractivity contribution in [2.45, 2.75) is 13.3 Å². The van der Waals surface area contributed by atoms with Crippen LogP contribution in [0.5, 0.6) is 0 Å². The molecule has 1 aromatic heterocycles. The minimum Gasteiger partial charge on any atom is -0.469 e. The first-order valence-electron chi connectivity index (χ1n) is 3.32. The molecule has 0 aliphatic heterocycles. The Labute approximate surface area is 82.9 Å². The van der Waals surface area contributed by atoms with Crippen molar-refractivity contribution in [3.05, 3.63) is 14.5 Å². The molecule has 66 valence electrons. The quantitative estimate of drug-likeness (QED) is 0.753. The molecular weight excluding hydrogens is 242 g/mol. The molecule has 0 saturated carbocycles. The Kier molecular flexibility index (Phi) is 3.22. The molecule has 0 aliphatic rings. The molecule has 0 unspecified atom stereocenters. The maximum Gasteiger partial charge on any atom is 0.311 e. The van der Waals surface area contributed by atoms with E-state index in [1.807, 2.05) is 6.92 Å². The van der Waals surface area contributed by atoms with E-state index in [1.165, 1.54) is 18.4 Å². The van der Waals surface area contributed by atoms with Gasteiger partial charge in [-0.2, -0.15) is 0 Å². The summed E-state index contributed by atoms with van der Waals surface area (Å²) < 4.78 is 5.33. The molecule has 0 saturated heterocycles. The number of halogens is 1. The second-order valence-corrected chi connectivity index (χ2v) is 4.70. The van der Waals surface area contributed by atoms with Gasteiger partial charge in [-0.3, -0.25) is 4.79 Å². The van der Waals surface area contributed by atoms with E-state index < -0.39 is 0 Å². The van der Waals surface area contributed by atoms with Crippen molar-refractivity contribution in [3.8, 4) is 0 Å². The zero-order valence-corrected chi connectivity index (χ0v) is 9.16. The summed E-state index contributed by atoms with van der Waals surface area (Å²) in [5.74, 6) is -0.254. The van der Waals surface area contributed by atoms with Crippen molar-refractivity contribution < 1.29 is 9.53 Å². The van der Waals surface area contributed by atoms with Crippen LogP contribution in [0.4, 0.5) is 0 Å². The van der Waals surface area contributed by atoms with Crippen LogP contribution in [-0.4, -0.2) is 18.1 Å². The lowest BCUT2D eigenvalue weighted by Crippen LogP contribution is -2.05. The highest BCUT2D eigenvalue weighted by Gasteiger charge is 2.10. The van der Waals surface area contributed by atoms with Gasteiger partial charge in [-0.25, -0.2) is 4.98 Å². The van der Waals surface area contributed by atoms with Crippen molar-refractivity contribution in [2.24, 2.45) is 0 Å². The highest BCUT2D eigenvalue weighted by molar-refractivity contribution is 9.11. The second-order valence-electron chi connectivity index (χ2n) is 2.22. The Morgan fingerprint density at radius 3 is 2.83 bits per heavy atom. The highest BCUT2D eigenvalue weighted by atomic mass is 79.9. The minimum atomic E-state index is -0.254. The van der Waals surface area contributed by atoms with E-state index in [9.17, 15) is 4.79 Å². The molecule has 0 fully saturated rings. The van der Waals surface area contributed by atoms with Crippen LogP contribution < -0.4 is 0 Å². The number of carbonyl (C=O) groups excluding carboxylic acids is 1. The lowest BCUT2D eigenvalue weighted by molar-refractivity contribution is -0.139. The van der Waals surface area contributed by atoms with Crippen LogP contribution in [0.3, 0.4) is 0 Å². The van der Waals surface area contributed by atoms with Crippen molar-refractivity contribution in [3.63, 3.8) is 0 Å². The average Bonchev–Trinajstić information content (AvgIpc) is 2.30. The van der Waals surface area contributed by atoms with E-state index in [0.29, 0.717) is 0 Å². The number of aryl methyl sites for hydroxylation is 1. The third-order valence-electron chi connectivity index (χ3n) is 1.41. The Hall–Kier alpha value is -0.420. The van der Waals surface area contributed by atoms with Gasteiger partial charge in [-0.15, -0.1) is 11.3 Å². The number of hydrogen-bond donors (Lipinski definition) is 0. The van der Waals surface area contributed by atoms with Crippen molar-refractivity contribution >= 4 is 33.2 Å². The van der Waals surface area contributed by atoms with Gasteiger partial charge in [0.1, 0.15) is 0 Å². The molecule has 0 amide bonds. The first-order chi connectivity index (χ1) is 5.63. The Morgan fingerprint density at radius 2 is 2.42 bits per heavy atom. The fourth-order valence-electron chi connectivity index (χ4n) is 0.766. The van der Waals surface area contributed by atoms with E-state index in [1.54, 1.807) is 0 Å². The molecule has 1 heterocycles. The predicted octanol–water partition coefficient (Wildman–Crippen LogP) is 1.93. The van der Waals surface area contributed by atoms with Gasteiger partial charge >= 0.3 is 5.97 Å². The van der Waals surface area contributed by atoms with Crippen molar-refractivity contribution in [1.29, 1.82) is 0 Å². The van der Waals surface area contributed by atoms with Crippen molar-refractivity contribution in [2.75, 3.05) is 7.11 Å². The Morgan fingerprint density at radius 1 is 1.75 bits per heavy atom. The van der Waals surface area contributed by atoms with Gasteiger partial charge in [0.25, 0.3) is 0 Å². The minimum absolute atomic E-state index is 0.254. The third-order valence-corrected chi connectivity index (χ3v) is 2.87. The fourth-order valence-corrected chi connectivity index (χ4v) is 2.35. The summed E-state index contributed by atoms with van der Waals surface area (Å²) >= 11 is 4.77. The Bertz CT molecular complexity index is 298. The molecule has 0 radical (unpaired) electrons. The van der Waals surface area contributed by atoms with Gasteiger partial charge in [0.05, 0.1) is 19.2 Å². The molecule has 3 nitrogen and oxygen atoms in total. The summed E-state index contributed by atoms with van der Waals surface area (Å²) in [4.78, 5) is 16.1. The summed E-state index contributed by atoms with van der Waals surface area (Å²) in [7, 11) is 1.37. The van der Waals surface area contributed by atoms with Crippen LogP contribution in [-0.2, 0) is 16.0 Å². The fraction of sp³-hybridized carbons (Fsp3) is 0.429. The van der Waals surface area contributed by atoms with Gasteiger partial charge < -0.3 is 4.74 Å². The van der Waals surface area contributed by atoms with E-state index in [-0.39, 0.29) is 12.4 Å². The number of ether oxygens (including phenoxy) is 1. The number of thiazole rings is 1. The normalized spacial score (nSPS) is 9.92. The van der Waals surface area contributed by atoms with E-state index in [4.69, 9.17) is 0 Å². The monoisotopic (exact) mass is 249 g/mol. The first-order valence-corrected chi connectivity index (χ1v) is 4.93. The van der Waals surface area contributed by atoms with Crippen LogP contribution in [0.15, 0.2) is 3.92 Å². The summed E-state index contributed by atoms with van der Waals surface area (Å²) in [6, 6.07) is 0. The number of methoxy groups -OCH3 is 1. The van der Waals surface area contributed by atoms with Gasteiger partial charge in [-0.1, -0.05) is 0 Å². The molecule has 0 bridgehead atoms. The zero-order valence-electron chi connectivity index (χ0n) is 6.76. The van der Waals surface area contributed by atoms with Crippen LogP contribution >= 0.6 is 27.3 Å². The SMILES string of the molecule is COC(=O)Cc1nc(Br)sc1C. The maximum atomic E-state index is 10.9. The standard InChI is InChI=1S/C7H8BrNO2S/c1-4-5(3-6(10)11-2)9-7(8)12-4/h3H2,1-2H3. The molecule has 0 spiro atoms. The maximum absolute atomic E-state index is 10.9. The molecule has 0 atom stereocenters. The summed E-state index contributed by atoms with van der Waals surface area (Å²) in [6.07, 6.45) is 0.254. The summed E-state index contributed by atoms with van der Waals surface area (Å²) in [5.41, 5.74) is 0.790. The van der Waals surface area contributed by atoms with Crippen LogP contribution in [0.2, 0.25) is 0 Å². The van der Waals surface area contributed by atoms with E-state index >= 15 is 0 Å². The first kappa shape index (κ1) is 9.67. The highest BCUT2D eigenvalue weighted by Crippen LogP contribution is 2.22. The smallest absolute Gasteiger partial charge is 0.311 e.